The van der Waals surface area contributed by atoms with Crippen LogP contribution < -0.4 is 9.64 Å². The zero-order valence-corrected chi connectivity index (χ0v) is 16.1. The number of ketones is 1. The van der Waals surface area contributed by atoms with E-state index in [1.54, 1.807) is 0 Å². The molecule has 3 aromatic carbocycles. The zero-order chi connectivity index (χ0) is 19.5. The lowest BCUT2D eigenvalue weighted by molar-refractivity contribution is 0.1000. The highest BCUT2D eigenvalue weighted by atomic mass is 16.5. The van der Waals surface area contributed by atoms with Gasteiger partial charge in [-0.25, -0.2) is 0 Å². The molecule has 0 aromatic heterocycles. The lowest BCUT2D eigenvalue weighted by Gasteiger charge is -2.19. The molecular formula is C24H22N2O2. The van der Waals surface area contributed by atoms with E-state index >= 15 is 0 Å². The van der Waals surface area contributed by atoms with E-state index in [9.17, 15) is 4.79 Å². The minimum absolute atomic E-state index is 0.0966. The second-order valence-electron chi connectivity index (χ2n) is 7.06. The largest absolute Gasteiger partial charge is 0.489 e. The maximum absolute atomic E-state index is 12.7. The molecule has 4 rings (SSSR count). The summed E-state index contributed by atoms with van der Waals surface area (Å²) < 4.78 is 5.92. The maximum atomic E-state index is 12.7. The minimum atomic E-state index is 0.0966. The lowest BCUT2D eigenvalue weighted by atomic mass is 9.95. The van der Waals surface area contributed by atoms with Gasteiger partial charge in [-0.3, -0.25) is 9.79 Å². The van der Waals surface area contributed by atoms with Crippen molar-refractivity contribution in [1.29, 1.82) is 0 Å². The fourth-order valence-corrected chi connectivity index (χ4v) is 3.23. The summed E-state index contributed by atoms with van der Waals surface area (Å²) in [6, 6.07) is 23.7. The molecule has 0 fully saturated rings. The van der Waals surface area contributed by atoms with Crippen LogP contribution in [0.15, 0.2) is 77.8 Å². The predicted molar refractivity (Wildman–Crippen MR) is 113 cm³/mol. The number of anilines is 1. The molecule has 3 aromatic rings. The number of aliphatic imine (C=N–C) groups is 1. The van der Waals surface area contributed by atoms with Crippen LogP contribution in [0.1, 0.15) is 27.9 Å². The fourth-order valence-electron chi connectivity index (χ4n) is 3.23. The van der Waals surface area contributed by atoms with Gasteiger partial charge in [0.2, 0.25) is 0 Å². The van der Waals surface area contributed by atoms with Crippen molar-refractivity contribution in [2.45, 2.75) is 13.0 Å². The SMILES string of the molecule is CN(C)c1ccc2c(c1)C(=O)CC(c1cccc(OCc3ccccc3)c1)=N2. The molecule has 4 heteroatoms. The van der Waals surface area contributed by atoms with Crippen molar-refractivity contribution in [3.63, 3.8) is 0 Å². The molecule has 1 aliphatic rings. The van der Waals surface area contributed by atoms with Crippen molar-refractivity contribution in [3.8, 4) is 5.75 Å². The molecule has 140 valence electrons. The number of ether oxygens (including phenoxy) is 1. The van der Waals surface area contributed by atoms with E-state index in [2.05, 4.69) is 0 Å². The average Bonchev–Trinajstić information content (AvgIpc) is 2.73. The number of carbonyl (C=O) groups is 1. The molecule has 0 radical (unpaired) electrons. The Hall–Kier alpha value is -3.40. The summed E-state index contributed by atoms with van der Waals surface area (Å²) in [6.07, 6.45) is 0.298. The van der Waals surface area contributed by atoms with Crippen molar-refractivity contribution in [1.82, 2.24) is 0 Å². The molecule has 4 nitrogen and oxygen atoms in total. The molecule has 1 heterocycles. The van der Waals surface area contributed by atoms with Crippen LogP contribution in [0, 0.1) is 0 Å². The number of benzene rings is 3. The highest BCUT2D eigenvalue weighted by molar-refractivity contribution is 6.21. The third kappa shape index (κ3) is 3.81. The Morgan fingerprint density at radius 2 is 1.79 bits per heavy atom. The minimum Gasteiger partial charge on any atom is -0.489 e. The van der Waals surface area contributed by atoms with Gasteiger partial charge in [-0.05, 0) is 35.9 Å². The number of nitrogens with zero attached hydrogens (tertiary/aromatic N) is 2. The quantitative estimate of drug-likeness (QED) is 0.632. The number of rotatable bonds is 5. The molecule has 0 aliphatic carbocycles. The monoisotopic (exact) mass is 370 g/mol. The third-order valence-corrected chi connectivity index (χ3v) is 4.80. The van der Waals surface area contributed by atoms with Gasteiger partial charge in [0.05, 0.1) is 17.8 Å². The number of hydrogen-bond donors (Lipinski definition) is 0. The molecule has 0 N–H and O–H groups in total. The topological polar surface area (TPSA) is 41.9 Å². The van der Waals surface area contributed by atoms with Crippen molar-refractivity contribution in [3.05, 3.63) is 89.5 Å². The zero-order valence-electron chi connectivity index (χ0n) is 16.1. The van der Waals surface area contributed by atoms with Crippen LogP contribution in [-0.2, 0) is 6.61 Å². The third-order valence-electron chi connectivity index (χ3n) is 4.80. The van der Waals surface area contributed by atoms with Gasteiger partial charge in [0, 0.05) is 30.9 Å². The summed E-state index contributed by atoms with van der Waals surface area (Å²) in [4.78, 5) is 19.4. The number of Topliss-reactive ketones (excluding diaryl/α,β-unsaturated/α-hetero) is 1. The van der Waals surface area contributed by atoms with E-state index in [0.29, 0.717) is 18.6 Å². The van der Waals surface area contributed by atoms with Gasteiger partial charge in [-0.15, -0.1) is 0 Å². The van der Waals surface area contributed by atoms with E-state index in [4.69, 9.17) is 9.73 Å². The van der Waals surface area contributed by atoms with Gasteiger partial charge in [-0.2, -0.15) is 0 Å². The van der Waals surface area contributed by atoms with E-state index in [1.807, 2.05) is 91.8 Å². The van der Waals surface area contributed by atoms with Gasteiger partial charge in [0.25, 0.3) is 0 Å². The van der Waals surface area contributed by atoms with Crippen LogP contribution in [-0.4, -0.2) is 25.6 Å². The summed E-state index contributed by atoms with van der Waals surface area (Å²) in [5.74, 6) is 0.865. The summed E-state index contributed by atoms with van der Waals surface area (Å²) in [6.45, 7) is 0.506. The molecule has 0 spiro atoms. The second kappa shape index (κ2) is 7.69. The first-order valence-electron chi connectivity index (χ1n) is 9.29. The Kier molecular flexibility index (Phi) is 4.94. The number of fused-ring (bicyclic) bond motifs is 1. The van der Waals surface area contributed by atoms with Crippen molar-refractivity contribution >= 4 is 22.9 Å². The van der Waals surface area contributed by atoms with Crippen LogP contribution in [0.3, 0.4) is 0 Å². The molecular weight excluding hydrogens is 348 g/mol. The van der Waals surface area contributed by atoms with Gasteiger partial charge >= 0.3 is 0 Å². The van der Waals surface area contributed by atoms with Crippen LogP contribution in [0.25, 0.3) is 0 Å². The highest BCUT2D eigenvalue weighted by Gasteiger charge is 2.22. The van der Waals surface area contributed by atoms with Crippen LogP contribution in [0.2, 0.25) is 0 Å². The van der Waals surface area contributed by atoms with E-state index in [1.165, 1.54) is 0 Å². The first-order chi connectivity index (χ1) is 13.6. The molecule has 1 aliphatic heterocycles. The standard InChI is InChI=1S/C24H22N2O2/c1-26(2)19-11-12-22-21(14-19)24(27)15-23(25-22)18-9-6-10-20(13-18)28-16-17-7-4-3-5-8-17/h3-14H,15-16H2,1-2H3. The second-order valence-corrected chi connectivity index (χ2v) is 7.06. The number of carbonyl (C=O) groups excluding carboxylic acids is 1. The average molecular weight is 370 g/mol. The van der Waals surface area contributed by atoms with Crippen LogP contribution in [0.5, 0.6) is 5.75 Å². The van der Waals surface area contributed by atoms with Crippen molar-refractivity contribution in [2.24, 2.45) is 4.99 Å². The Morgan fingerprint density at radius 1 is 0.964 bits per heavy atom. The smallest absolute Gasteiger partial charge is 0.171 e. The predicted octanol–water partition coefficient (Wildman–Crippen LogP) is 5.04. The maximum Gasteiger partial charge on any atom is 0.171 e. The molecule has 0 saturated heterocycles. The normalized spacial score (nSPS) is 12.9. The Labute approximate surface area is 165 Å². The Balaban J connectivity index is 1.58. The van der Waals surface area contributed by atoms with E-state index < -0.39 is 0 Å². The lowest BCUT2D eigenvalue weighted by Crippen LogP contribution is -2.16. The van der Waals surface area contributed by atoms with Gasteiger partial charge in [0.15, 0.2) is 5.78 Å². The molecule has 0 bridgehead atoms. The molecule has 0 saturated carbocycles. The van der Waals surface area contributed by atoms with Crippen LogP contribution >= 0.6 is 0 Å². The fraction of sp³-hybridized carbons (Fsp3) is 0.167. The first-order valence-corrected chi connectivity index (χ1v) is 9.29. The number of hydrogen-bond acceptors (Lipinski definition) is 4. The van der Waals surface area contributed by atoms with E-state index in [0.717, 1.165) is 34.0 Å². The van der Waals surface area contributed by atoms with Gasteiger partial charge < -0.3 is 9.64 Å². The molecule has 0 unspecified atom stereocenters. The van der Waals surface area contributed by atoms with Crippen molar-refractivity contribution in [2.75, 3.05) is 19.0 Å². The summed E-state index contributed by atoms with van der Waals surface area (Å²) in [5.41, 5.74) is 5.23. The van der Waals surface area contributed by atoms with Crippen LogP contribution in [0.4, 0.5) is 11.4 Å². The first kappa shape index (κ1) is 18.0. The summed E-state index contributed by atoms with van der Waals surface area (Å²) >= 11 is 0. The molecule has 28 heavy (non-hydrogen) atoms. The Morgan fingerprint density at radius 3 is 2.57 bits per heavy atom. The molecule has 0 amide bonds. The van der Waals surface area contributed by atoms with Gasteiger partial charge in [-0.1, -0.05) is 42.5 Å². The van der Waals surface area contributed by atoms with Gasteiger partial charge in [0.1, 0.15) is 12.4 Å². The van der Waals surface area contributed by atoms with Crippen molar-refractivity contribution < 1.29 is 9.53 Å². The summed E-state index contributed by atoms with van der Waals surface area (Å²) in [5, 5.41) is 0. The highest BCUT2D eigenvalue weighted by Crippen LogP contribution is 2.31. The molecule has 0 atom stereocenters. The Bertz CT molecular complexity index is 1040. The summed E-state index contributed by atoms with van der Waals surface area (Å²) in [7, 11) is 3.93. The van der Waals surface area contributed by atoms with E-state index in [-0.39, 0.29) is 5.78 Å².